The molecule has 1 aromatic carbocycles. The van der Waals surface area contributed by atoms with Crippen molar-refractivity contribution in [2.45, 2.75) is 32.7 Å². The molecule has 1 saturated heterocycles. The van der Waals surface area contributed by atoms with Crippen molar-refractivity contribution in [1.82, 2.24) is 15.2 Å². The Balaban J connectivity index is 0.00000169. The molecule has 1 unspecified atom stereocenters. The molecule has 1 aliphatic rings. The van der Waals surface area contributed by atoms with Crippen molar-refractivity contribution in [2.75, 3.05) is 19.6 Å². The Morgan fingerprint density at radius 3 is 2.62 bits per heavy atom. The number of aryl methyl sites for hydroxylation is 1. The lowest BCUT2D eigenvalue weighted by molar-refractivity contribution is 0.0696. The summed E-state index contributed by atoms with van der Waals surface area (Å²) in [7, 11) is 0. The zero-order chi connectivity index (χ0) is 17.1. The fraction of sp³-hybridized carbons (Fsp3) is 0.444. The molecule has 1 amide bonds. The van der Waals surface area contributed by atoms with Crippen LogP contribution in [0.25, 0.3) is 10.6 Å². The standard InChI is InChI=1S/C18H22ClN3OS.2ClH/c1-3-10-22(15-8-9-20-11-15)18(23)16-12(2)21-17(24-16)13-4-6-14(19)7-5-13;;/h4-7,15,20H,3,8-11H2,1-2H3;2*1H. The van der Waals surface area contributed by atoms with Gasteiger partial charge >= 0.3 is 0 Å². The molecule has 1 aromatic heterocycles. The first-order chi connectivity index (χ1) is 11.6. The van der Waals surface area contributed by atoms with Crippen molar-refractivity contribution in [3.05, 3.63) is 39.9 Å². The molecule has 1 N–H and O–H groups in total. The molecular formula is C18H24Cl3N3OS. The van der Waals surface area contributed by atoms with E-state index in [-0.39, 0.29) is 36.8 Å². The van der Waals surface area contributed by atoms with Crippen molar-refractivity contribution in [3.63, 3.8) is 0 Å². The van der Waals surface area contributed by atoms with Gasteiger partial charge in [-0.15, -0.1) is 36.2 Å². The van der Waals surface area contributed by atoms with Crippen LogP contribution in [-0.2, 0) is 0 Å². The van der Waals surface area contributed by atoms with E-state index in [4.69, 9.17) is 11.6 Å². The minimum absolute atomic E-state index is 0. The number of nitrogens with zero attached hydrogens (tertiary/aromatic N) is 2. The molecule has 2 aromatic rings. The zero-order valence-electron chi connectivity index (χ0n) is 14.8. The number of hydrogen-bond acceptors (Lipinski definition) is 4. The largest absolute Gasteiger partial charge is 0.334 e. The normalized spacial score (nSPS) is 15.9. The third kappa shape index (κ3) is 5.11. The summed E-state index contributed by atoms with van der Waals surface area (Å²) in [5, 5.41) is 4.92. The van der Waals surface area contributed by atoms with Crippen LogP contribution >= 0.6 is 47.8 Å². The quantitative estimate of drug-likeness (QED) is 0.730. The SMILES string of the molecule is CCCN(C(=O)c1sc(-c2ccc(Cl)cc2)nc1C)C1CCNC1.Cl.Cl. The van der Waals surface area contributed by atoms with Crippen LogP contribution in [0, 0.1) is 6.92 Å². The van der Waals surface area contributed by atoms with Crippen molar-refractivity contribution in [2.24, 2.45) is 0 Å². The number of halogens is 3. The van der Waals surface area contributed by atoms with Gasteiger partial charge in [0.1, 0.15) is 9.88 Å². The van der Waals surface area contributed by atoms with Gasteiger partial charge in [0.15, 0.2) is 0 Å². The Labute approximate surface area is 176 Å². The van der Waals surface area contributed by atoms with Crippen LogP contribution < -0.4 is 5.32 Å². The highest BCUT2D eigenvalue weighted by molar-refractivity contribution is 7.17. The van der Waals surface area contributed by atoms with Gasteiger partial charge < -0.3 is 10.2 Å². The van der Waals surface area contributed by atoms with Crippen molar-refractivity contribution >= 4 is 53.7 Å². The summed E-state index contributed by atoms with van der Waals surface area (Å²) in [4.78, 5) is 20.5. The van der Waals surface area contributed by atoms with Crippen LogP contribution in [0.1, 0.15) is 35.1 Å². The van der Waals surface area contributed by atoms with E-state index in [0.29, 0.717) is 5.02 Å². The Bertz CT molecular complexity index is 715. The molecule has 26 heavy (non-hydrogen) atoms. The first-order valence-corrected chi connectivity index (χ1v) is 9.54. The van der Waals surface area contributed by atoms with E-state index >= 15 is 0 Å². The van der Waals surface area contributed by atoms with E-state index in [0.717, 1.165) is 53.6 Å². The number of nitrogens with one attached hydrogen (secondary N) is 1. The van der Waals surface area contributed by atoms with E-state index in [9.17, 15) is 4.79 Å². The highest BCUT2D eigenvalue weighted by atomic mass is 35.5. The van der Waals surface area contributed by atoms with Gasteiger partial charge in [-0.2, -0.15) is 0 Å². The van der Waals surface area contributed by atoms with Crippen LogP contribution in [0.2, 0.25) is 5.02 Å². The third-order valence-electron chi connectivity index (χ3n) is 4.28. The molecule has 2 heterocycles. The fourth-order valence-electron chi connectivity index (χ4n) is 3.04. The molecule has 0 spiro atoms. The first-order valence-electron chi connectivity index (χ1n) is 8.35. The summed E-state index contributed by atoms with van der Waals surface area (Å²) < 4.78 is 0. The van der Waals surface area contributed by atoms with E-state index in [1.807, 2.05) is 36.1 Å². The molecule has 144 valence electrons. The van der Waals surface area contributed by atoms with Gasteiger partial charge in [0.2, 0.25) is 0 Å². The van der Waals surface area contributed by atoms with Crippen LogP contribution in [0.5, 0.6) is 0 Å². The molecule has 0 bridgehead atoms. The summed E-state index contributed by atoms with van der Waals surface area (Å²) in [5.41, 5.74) is 1.80. The van der Waals surface area contributed by atoms with Crippen molar-refractivity contribution in [1.29, 1.82) is 0 Å². The lowest BCUT2D eigenvalue weighted by Gasteiger charge is -2.27. The summed E-state index contributed by atoms with van der Waals surface area (Å²) in [6, 6.07) is 7.88. The second kappa shape index (κ2) is 10.5. The lowest BCUT2D eigenvalue weighted by atomic mass is 10.2. The van der Waals surface area contributed by atoms with Crippen molar-refractivity contribution in [3.8, 4) is 10.6 Å². The first kappa shape index (κ1) is 23.2. The van der Waals surface area contributed by atoms with Crippen LogP contribution in [-0.4, -0.2) is 41.5 Å². The predicted molar refractivity (Wildman–Crippen MR) is 114 cm³/mol. The maximum Gasteiger partial charge on any atom is 0.266 e. The Morgan fingerprint density at radius 1 is 1.35 bits per heavy atom. The minimum atomic E-state index is 0. The van der Waals surface area contributed by atoms with Gasteiger partial charge in [0, 0.05) is 29.7 Å². The highest BCUT2D eigenvalue weighted by Gasteiger charge is 2.29. The lowest BCUT2D eigenvalue weighted by Crippen LogP contribution is -2.42. The summed E-state index contributed by atoms with van der Waals surface area (Å²) >= 11 is 7.43. The molecule has 8 heteroatoms. The molecule has 1 atom stereocenters. The molecule has 4 nitrogen and oxygen atoms in total. The van der Waals surface area contributed by atoms with Crippen LogP contribution in [0.15, 0.2) is 24.3 Å². The Hall–Kier alpha value is -0.850. The molecule has 0 radical (unpaired) electrons. The minimum Gasteiger partial charge on any atom is -0.334 e. The number of carbonyl (C=O) groups is 1. The van der Waals surface area contributed by atoms with Gasteiger partial charge in [-0.25, -0.2) is 4.98 Å². The second-order valence-electron chi connectivity index (χ2n) is 6.09. The fourth-order valence-corrected chi connectivity index (χ4v) is 4.19. The number of carbonyl (C=O) groups excluding carboxylic acids is 1. The number of aromatic nitrogens is 1. The maximum atomic E-state index is 13.1. The Morgan fingerprint density at radius 2 is 2.04 bits per heavy atom. The zero-order valence-corrected chi connectivity index (χ0v) is 18.0. The van der Waals surface area contributed by atoms with Gasteiger partial charge in [-0.1, -0.05) is 30.7 Å². The van der Waals surface area contributed by atoms with Crippen LogP contribution in [0.4, 0.5) is 0 Å². The number of thiazole rings is 1. The number of hydrogen-bond donors (Lipinski definition) is 1. The summed E-state index contributed by atoms with van der Waals surface area (Å²) in [6.45, 7) is 6.68. The molecule has 1 fully saturated rings. The second-order valence-corrected chi connectivity index (χ2v) is 7.52. The van der Waals surface area contributed by atoms with E-state index < -0.39 is 0 Å². The van der Waals surface area contributed by atoms with E-state index in [2.05, 4.69) is 17.2 Å². The molecular weight excluding hydrogens is 413 g/mol. The van der Waals surface area contributed by atoms with Gasteiger partial charge in [-0.05, 0) is 38.4 Å². The average molecular weight is 437 g/mol. The smallest absolute Gasteiger partial charge is 0.266 e. The van der Waals surface area contributed by atoms with Crippen molar-refractivity contribution < 1.29 is 4.79 Å². The Kier molecular flexibility index (Phi) is 9.34. The topological polar surface area (TPSA) is 45.2 Å². The van der Waals surface area contributed by atoms with Gasteiger partial charge in [0.05, 0.1) is 5.69 Å². The highest BCUT2D eigenvalue weighted by Crippen LogP contribution is 2.30. The summed E-state index contributed by atoms with van der Waals surface area (Å²) in [6.07, 6.45) is 1.98. The maximum absolute atomic E-state index is 13.1. The number of benzene rings is 1. The molecule has 3 rings (SSSR count). The number of amides is 1. The summed E-state index contributed by atoms with van der Waals surface area (Å²) in [5.74, 6) is 0.112. The van der Waals surface area contributed by atoms with Crippen LogP contribution in [0.3, 0.4) is 0 Å². The predicted octanol–water partition coefficient (Wildman–Crippen LogP) is 4.83. The van der Waals surface area contributed by atoms with E-state index in [1.54, 1.807) is 0 Å². The average Bonchev–Trinajstić information content (AvgIpc) is 3.22. The van der Waals surface area contributed by atoms with Gasteiger partial charge in [0.25, 0.3) is 5.91 Å². The number of rotatable bonds is 5. The third-order valence-corrected chi connectivity index (χ3v) is 5.73. The van der Waals surface area contributed by atoms with E-state index in [1.165, 1.54) is 11.3 Å². The molecule has 1 aliphatic heterocycles. The van der Waals surface area contributed by atoms with Gasteiger partial charge in [-0.3, -0.25) is 4.79 Å². The molecule has 0 saturated carbocycles. The monoisotopic (exact) mass is 435 g/mol. The molecule has 0 aliphatic carbocycles.